The molecule has 5 rings (SSSR count). The number of aryl methyl sites for hydroxylation is 1. The monoisotopic (exact) mass is 437 g/mol. The van der Waals surface area contributed by atoms with Gasteiger partial charge >= 0.3 is 6.01 Å². The molecule has 8 heteroatoms. The predicted octanol–water partition coefficient (Wildman–Crippen LogP) is 5.96. The van der Waals surface area contributed by atoms with Crippen LogP contribution in [-0.4, -0.2) is 26.2 Å². The minimum absolute atomic E-state index is 0.208. The van der Waals surface area contributed by atoms with Crippen LogP contribution in [0.25, 0.3) is 21.8 Å². The summed E-state index contributed by atoms with van der Waals surface area (Å²) in [6, 6.07) is 7.56. The van der Waals surface area contributed by atoms with Crippen molar-refractivity contribution in [3.05, 3.63) is 52.9 Å². The van der Waals surface area contributed by atoms with Gasteiger partial charge in [0.15, 0.2) is 5.01 Å². The van der Waals surface area contributed by atoms with Gasteiger partial charge in [-0.2, -0.15) is 0 Å². The fourth-order valence-electron chi connectivity index (χ4n) is 4.56. The number of pyridine rings is 1. The molecule has 160 valence electrons. The molecule has 1 atom stereocenters. The molecule has 0 bridgehead atoms. The van der Waals surface area contributed by atoms with Crippen LogP contribution in [0.5, 0.6) is 0 Å². The molecule has 1 aliphatic carbocycles. The smallest absolute Gasteiger partial charge is 0.316 e. The zero-order valence-corrected chi connectivity index (χ0v) is 18.3. The van der Waals surface area contributed by atoms with E-state index in [4.69, 9.17) is 4.42 Å². The maximum absolute atomic E-state index is 13.8. The Morgan fingerprint density at radius 3 is 2.74 bits per heavy atom. The van der Waals surface area contributed by atoms with Crippen molar-refractivity contribution in [2.75, 3.05) is 5.32 Å². The number of hydrogen-bond acceptors (Lipinski definition) is 7. The predicted molar refractivity (Wildman–Crippen MR) is 120 cm³/mol. The molecule has 1 aromatic carbocycles. The Bertz CT molecular complexity index is 1200. The van der Waals surface area contributed by atoms with E-state index >= 15 is 0 Å². The lowest BCUT2D eigenvalue weighted by Crippen LogP contribution is -2.29. The van der Waals surface area contributed by atoms with Gasteiger partial charge in [0.2, 0.25) is 0 Å². The Labute approximate surface area is 184 Å². The molecule has 31 heavy (non-hydrogen) atoms. The van der Waals surface area contributed by atoms with E-state index in [1.807, 2.05) is 13.1 Å². The maximum Gasteiger partial charge on any atom is 0.316 e. The Hall–Kier alpha value is -2.87. The molecule has 3 aromatic heterocycles. The molecule has 0 amide bonds. The van der Waals surface area contributed by atoms with E-state index in [9.17, 15) is 4.39 Å². The third-order valence-electron chi connectivity index (χ3n) is 6.24. The van der Waals surface area contributed by atoms with Gasteiger partial charge in [0.1, 0.15) is 5.82 Å². The Morgan fingerprint density at radius 2 is 1.97 bits per heavy atom. The third kappa shape index (κ3) is 4.17. The van der Waals surface area contributed by atoms with Gasteiger partial charge in [-0.3, -0.25) is 4.98 Å². The first-order valence-electron chi connectivity index (χ1n) is 10.6. The number of fused-ring (bicyclic) bond motifs is 1. The summed E-state index contributed by atoms with van der Waals surface area (Å²) in [7, 11) is 0. The van der Waals surface area contributed by atoms with Crippen LogP contribution < -0.4 is 5.32 Å². The number of nitrogens with one attached hydrogen (secondary N) is 1. The molecule has 0 unspecified atom stereocenters. The summed E-state index contributed by atoms with van der Waals surface area (Å²) in [5.74, 6) is 1.19. The summed E-state index contributed by atoms with van der Waals surface area (Å²) in [6.45, 7) is 4.17. The molecule has 1 saturated carbocycles. The second kappa shape index (κ2) is 8.34. The molecule has 4 aromatic rings. The fraction of sp³-hybridized carbons (Fsp3) is 0.391. The van der Waals surface area contributed by atoms with Crippen LogP contribution in [0.4, 0.5) is 10.4 Å². The number of hydrogen-bond donors (Lipinski definition) is 1. The summed E-state index contributed by atoms with van der Waals surface area (Å²) in [6.07, 6.45) is 7.95. The normalized spacial score (nSPS) is 20.1. The summed E-state index contributed by atoms with van der Waals surface area (Å²) in [5, 5.41) is 13.3. The summed E-state index contributed by atoms with van der Waals surface area (Å²) in [4.78, 5) is 9.80. The van der Waals surface area contributed by atoms with Crippen LogP contribution in [0.2, 0.25) is 0 Å². The number of halogens is 1. The van der Waals surface area contributed by atoms with Crippen LogP contribution in [0.1, 0.15) is 49.0 Å². The van der Waals surface area contributed by atoms with E-state index in [0.29, 0.717) is 23.7 Å². The van der Waals surface area contributed by atoms with E-state index in [0.717, 1.165) is 46.5 Å². The zero-order chi connectivity index (χ0) is 21.4. The molecule has 1 aliphatic rings. The lowest BCUT2D eigenvalue weighted by molar-refractivity contribution is 0.299. The maximum atomic E-state index is 13.8. The molecular weight excluding hydrogens is 413 g/mol. The Balaban J connectivity index is 1.23. The molecule has 0 aliphatic heterocycles. The molecular formula is C23H24FN5OS. The van der Waals surface area contributed by atoms with Gasteiger partial charge in [-0.25, -0.2) is 9.37 Å². The Morgan fingerprint density at radius 1 is 1.13 bits per heavy atom. The number of benzene rings is 1. The highest BCUT2D eigenvalue weighted by atomic mass is 32.1. The fourth-order valence-corrected chi connectivity index (χ4v) is 5.25. The average Bonchev–Trinajstić information content (AvgIpc) is 3.42. The lowest BCUT2D eigenvalue weighted by Gasteiger charge is -2.32. The number of rotatable bonds is 5. The van der Waals surface area contributed by atoms with E-state index in [2.05, 4.69) is 38.5 Å². The van der Waals surface area contributed by atoms with Crippen molar-refractivity contribution in [2.45, 2.75) is 51.5 Å². The van der Waals surface area contributed by atoms with Crippen molar-refractivity contribution in [3.8, 4) is 10.9 Å². The van der Waals surface area contributed by atoms with Crippen LogP contribution in [0.3, 0.4) is 0 Å². The van der Waals surface area contributed by atoms with Gasteiger partial charge in [-0.05, 0) is 81.2 Å². The van der Waals surface area contributed by atoms with Gasteiger partial charge in [0, 0.05) is 28.7 Å². The van der Waals surface area contributed by atoms with Gasteiger partial charge in [0.25, 0.3) is 5.89 Å². The first-order chi connectivity index (χ1) is 15.1. The number of thiazole rings is 1. The first-order valence-corrected chi connectivity index (χ1v) is 11.5. The zero-order valence-electron chi connectivity index (χ0n) is 17.5. The van der Waals surface area contributed by atoms with Gasteiger partial charge in [-0.1, -0.05) is 5.10 Å². The van der Waals surface area contributed by atoms with Crippen LogP contribution >= 0.6 is 11.3 Å². The number of aromatic nitrogens is 4. The molecule has 1 N–H and O–H groups in total. The summed E-state index contributed by atoms with van der Waals surface area (Å²) in [5.41, 5.74) is 2.07. The van der Waals surface area contributed by atoms with E-state index in [1.165, 1.54) is 23.0 Å². The summed E-state index contributed by atoms with van der Waals surface area (Å²) < 4.78 is 19.6. The molecule has 1 fully saturated rings. The van der Waals surface area contributed by atoms with E-state index in [-0.39, 0.29) is 11.9 Å². The van der Waals surface area contributed by atoms with Crippen molar-refractivity contribution in [3.63, 3.8) is 0 Å². The quantitative estimate of drug-likeness (QED) is 0.415. The van der Waals surface area contributed by atoms with Crippen LogP contribution in [0.15, 0.2) is 41.1 Å². The second-order valence-electron chi connectivity index (χ2n) is 8.29. The molecule has 0 saturated heterocycles. The second-order valence-corrected chi connectivity index (χ2v) is 9.53. The highest BCUT2D eigenvalue weighted by molar-refractivity contribution is 7.14. The summed E-state index contributed by atoms with van der Waals surface area (Å²) >= 11 is 1.54. The van der Waals surface area contributed by atoms with Crippen LogP contribution in [-0.2, 0) is 0 Å². The van der Waals surface area contributed by atoms with E-state index in [1.54, 1.807) is 18.3 Å². The minimum atomic E-state index is -0.208. The largest absolute Gasteiger partial charge is 0.401 e. The first kappa shape index (κ1) is 20.1. The van der Waals surface area contributed by atoms with Gasteiger partial charge in [-0.15, -0.1) is 16.4 Å². The van der Waals surface area contributed by atoms with Crippen molar-refractivity contribution in [1.82, 2.24) is 20.2 Å². The minimum Gasteiger partial charge on any atom is -0.401 e. The standard InChI is InChI=1S/C23H24FN5OS/c1-13-12-26-22(31-13)21-28-29-23(30-21)27-14(2)15-3-5-16(6-4-15)18-9-10-25-20-8-7-17(24)11-19(18)20/h7-12,14-16H,3-6H2,1-2H3,(H,27,29)/t14-,15?,16?/m1/s1. The van der Waals surface area contributed by atoms with Gasteiger partial charge < -0.3 is 9.73 Å². The third-order valence-corrected chi connectivity index (χ3v) is 7.14. The van der Waals surface area contributed by atoms with Crippen LogP contribution in [0, 0.1) is 18.7 Å². The van der Waals surface area contributed by atoms with Crippen molar-refractivity contribution < 1.29 is 8.81 Å². The Kier molecular flexibility index (Phi) is 5.40. The number of anilines is 1. The number of nitrogens with zero attached hydrogens (tertiary/aromatic N) is 4. The van der Waals surface area contributed by atoms with E-state index < -0.39 is 0 Å². The van der Waals surface area contributed by atoms with Crippen molar-refractivity contribution in [1.29, 1.82) is 0 Å². The van der Waals surface area contributed by atoms with Crippen molar-refractivity contribution >= 4 is 28.3 Å². The molecule has 0 spiro atoms. The van der Waals surface area contributed by atoms with Crippen molar-refractivity contribution in [2.24, 2.45) is 5.92 Å². The molecule has 3 heterocycles. The van der Waals surface area contributed by atoms with Gasteiger partial charge in [0.05, 0.1) is 5.52 Å². The topological polar surface area (TPSA) is 76.7 Å². The SMILES string of the molecule is Cc1cnc(-c2nnc(N[C@H](C)C3CCC(c4ccnc5ccc(F)cc45)CC3)o2)s1. The highest BCUT2D eigenvalue weighted by Gasteiger charge is 2.28. The molecule has 6 nitrogen and oxygen atoms in total. The molecule has 0 radical (unpaired) electrons. The highest BCUT2D eigenvalue weighted by Crippen LogP contribution is 2.40. The average molecular weight is 438 g/mol. The lowest BCUT2D eigenvalue weighted by atomic mass is 9.75.